The summed E-state index contributed by atoms with van der Waals surface area (Å²) in [5.74, 6) is -0.431. The number of halogens is 4. The zero-order valence-corrected chi connectivity index (χ0v) is 12.4. The van der Waals surface area contributed by atoms with E-state index in [2.05, 4.69) is 5.32 Å². The van der Waals surface area contributed by atoms with Gasteiger partial charge in [-0.05, 0) is 30.3 Å². The average molecular weight is 335 g/mol. The van der Waals surface area contributed by atoms with E-state index >= 15 is 0 Å². The van der Waals surface area contributed by atoms with E-state index in [0.717, 1.165) is 0 Å². The zero-order valence-electron chi connectivity index (χ0n) is 9.38. The van der Waals surface area contributed by atoms with Gasteiger partial charge in [0.2, 0.25) is 0 Å². The highest BCUT2D eigenvalue weighted by Crippen LogP contribution is 2.28. The van der Waals surface area contributed by atoms with Gasteiger partial charge >= 0.3 is 0 Å². The maximum Gasteiger partial charge on any atom is 0.258 e. The summed E-state index contributed by atoms with van der Waals surface area (Å²) in [6, 6.07) is 9.60. The molecule has 0 bridgehead atoms. The van der Waals surface area contributed by atoms with Crippen LogP contribution >= 0.6 is 46.4 Å². The SMILES string of the molecule is O=C(Nc1ccc(Cl)cc1Cl)c1c(Cl)cccc1Cl. The van der Waals surface area contributed by atoms with Gasteiger partial charge in [-0.25, -0.2) is 0 Å². The molecule has 1 amide bonds. The summed E-state index contributed by atoms with van der Waals surface area (Å²) in [5.41, 5.74) is 0.643. The highest BCUT2D eigenvalue weighted by atomic mass is 35.5. The molecule has 2 rings (SSSR count). The molecule has 2 aromatic carbocycles. The van der Waals surface area contributed by atoms with Crippen LogP contribution in [0.1, 0.15) is 10.4 Å². The Morgan fingerprint density at radius 3 is 2.11 bits per heavy atom. The molecule has 0 fully saturated rings. The number of benzene rings is 2. The third kappa shape index (κ3) is 3.34. The third-order valence-corrected chi connectivity index (χ3v) is 3.55. The Morgan fingerprint density at radius 2 is 1.53 bits per heavy atom. The monoisotopic (exact) mass is 333 g/mol. The molecule has 0 aliphatic heterocycles. The van der Waals surface area contributed by atoms with E-state index in [-0.39, 0.29) is 15.6 Å². The quantitative estimate of drug-likeness (QED) is 0.766. The second-order valence-electron chi connectivity index (χ2n) is 3.67. The topological polar surface area (TPSA) is 29.1 Å². The van der Waals surface area contributed by atoms with Crippen LogP contribution in [0.5, 0.6) is 0 Å². The number of anilines is 1. The fourth-order valence-electron chi connectivity index (χ4n) is 1.49. The highest BCUT2D eigenvalue weighted by molar-refractivity contribution is 6.41. The number of hydrogen-bond donors (Lipinski definition) is 1. The van der Waals surface area contributed by atoms with Crippen molar-refractivity contribution in [2.24, 2.45) is 0 Å². The van der Waals surface area contributed by atoms with E-state index < -0.39 is 5.91 Å². The van der Waals surface area contributed by atoms with E-state index in [1.54, 1.807) is 30.3 Å². The highest BCUT2D eigenvalue weighted by Gasteiger charge is 2.15. The number of rotatable bonds is 2. The van der Waals surface area contributed by atoms with Crippen molar-refractivity contribution in [1.29, 1.82) is 0 Å². The summed E-state index contributed by atoms with van der Waals surface area (Å²) in [4.78, 5) is 12.1. The van der Waals surface area contributed by atoms with Crippen molar-refractivity contribution in [3.8, 4) is 0 Å². The van der Waals surface area contributed by atoms with Crippen LogP contribution in [0.25, 0.3) is 0 Å². The number of carbonyl (C=O) groups is 1. The van der Waals surface area contributed by atoms with Crippen LogP contribution in [0.3, 0.4) is 0 Å². The van der Waals surface area contributed by atoms with Crippen LogP contribution in [0.15, 0.2) is 36.4 Å². The first kappa shape index (κ1) is 14.5. The van der Waals surface area contributed by atoms with E-state index in [1.807, 2.05) is 0 Å². The van der Waals surface area contributed by atoms with Gasteiger partial charge in [-0.3, -0.25) is 4.79 Å². The van der Waals surface area contributed by atoms with Crippen molar-refractivity contribution in [2.45, 2.75) is 0 Å². The molecule has 0 spiro atoms. The molecule has 0 aromatic heterocycles. The summed E-state index contributed by atoms with van der Waals surface area (Å²) in [6.07, 6.45) is 0. The summed E-state index contributed by atoms with van der Waals surface area (Å²) in [5, 5.41) is 4.01. The molecule has 19 heavy (non-hydrogen) atoms. The minimum atomic E-state index is -0.431. The zero-order chi connectivity index (χ0) is 14.0. The molecule has 2 aromatic rings. The maximum absolute atomic E-state index is 12.1. The van der Waals surface area contributed by atoms with Gasteiger partial charge in [0.05, 0.1) is 26.3 Å². The fourth-order valence-corrected chi connectivity index (χ4v) is 2.52. The normalized spacial score (nSPS) is 10.3. The molecule has 0 unspecified atom stereocenters. The van der Waals surface area contributed by atoms with Crippen molar-refractivity contribution in [2.75, 3.05) is 5.32 Å². The van der Waals surface area contributed by atoms with E-state index in [4.69, 9.17) is 46.4 Å². The van der Waals surface area contributed by atoms with Crippen LogP contribution < -0.4 is 5.32 Å². The molecule has 0 aliphatic rings. The molecule has 0 heterocycles. The number of nitrogens with one attached hydrogen (secondary N) is 1. The first-order valence-corrected chi connectivity index (χ1v) is 6.70. The molecule has 2 nitrogen and oxygen atoms in total. The minimum Gasteiger partial charge on any atom is -0.321 e. The Hall–Kier alpha value is -0.930. The van der Waals surface area contributed by atoms with E-state index in [0.29, 0.717) is 15.7 Å². The Balaban J connectivity index is 2.31. The maximum atomic E-state index is 12.1. The minimum absolute atomic E-state index is 0.205. The Morgan fingerprint density at radius 1 is 0.895 bits per heavy atom. The van der Waals surface area contributed by atoms with Crippen LogP contribution in [0.4, 0.5) is 5.69 Å². The summed E-state index contributed by atoms with van der Waals surface area (Å²) in [6.45, 7) is 0. The van der Waals surface area contributed by atoms with Gasteiger partial charge in [-0.2, -0.15) is 0 Å². The molecule has 1 N–H and O–H groups in total. The van der Waals surface area contributed by atoms with Crippen molar-refractivity contribution >= 4 is 58.0 Å². The largest absolute Gasteiger partial charge is 0.321 e. The van der Waals surface area contributed by atoms with E-state index in [9.17, 15) is 4.79 Å². The predicted octanol–water partition coefficient (Wildman–Crippen LogP) is 5.55. The Kier molecular flexibility index (Phi) is 4.58. The molecule has 6 heteroatoms. The lowest BCUT2D eigenvalue weighted by molar-refractivity contribution is 0.102. The van der Waals surface area contributed by atoms with Gasteiger partial charge in [0.1, 0.15) is 0 Å². The lowest BCUT2D eigenvalue weighted by atomic mass is 10.2. The molecule has 0 radical (unpaired) electrons. The Labute approximate surface area is 130 Å². The van der Waals surface area contributed by atoms with Crippen LogP contribution in [0, 0.1) is 0 Å². The molecule has 0 saturated heterocycles. The van der Waals surface area contributed by atoms with Crippen molar-refractivity contribution < 1.29 is 4.79 Å². The average Bonchev–Trinajstić information content (AvgIpc) is 2.32. The standard InChI is InChI=1S/C13H7Cl4NO/c14-7-4-5-11(10(17)6-7)18-13(19)12-8(15)2-1-3-9(12)16/h1-6H,(H,18,19). The summed E-state index contributed by atoms with van der Waals surface area (Å²) in [7, 11) is 0. The van der Waals surface area contributed by atoms with Gasteiger partial charge in [0, 0.05) is 5.02 Å². The van der Waals surface area contributed by atoms with Crippen molar-refractivity contribution in [3.05, 3.63) is 62.1 Å². The molecule has 0 saturated carbocycles. The second kappa shape index (κ2) is 6.02. The summed E-state index contributed by atoms with van der Waals surface area (Å²) >= 11 is 23.7. The van der Waals surface area contributed by atoms with Gasteiger partial charge in [0.15, 0.2) is 0 Å². The molecular formula is C13H7Cl4NO. The lowest BCUT2D eigenvalue weighted by Crippen LogP contribution is -2.13. The van der Waals surface area contributed by atoms with Gasteiger partial charge in [0.25, 0.3) is 5.91 Å². The molecule has 0 atom stereocenters. The lowest BCUT2D eigenvalue weighted by Gasteiger charge is -2.09. The third-order valence-electron chi connectivity index (χ3n) is 2.37. The van der Waals surface area contributed by atoms with Crippen LogP contribution in [0.2, 0.25) is 20.1 Å². The van der Waals surface area contributed by atoms with Crippen molar-refractivity contribution in [3.63, 3.8) is 0 Å². The smallest absolute Gasteiger partial charge is 0.258 e. The second-order valence-corrected chi connectivity index (χ2v) is 5.33. The Bertz CT molecular complexity index is 622. The van der Waals surface area contributed by atoms with E-state index in [1.165, 1.54) is 6.07 Å². The molecule has 0 aliphatic carbocycles. The first-order chi connectivity index (χ1) is 8.99. The van der Waals surface area contributed by atoms with Gasteiger partial charge in [-0.15, -0.1) is 0 Å². The molecular weight excluding hydrogens is 328 g/mol. The predicted molar refractivity (Wildman–Crippen MR) is 80.9 cm³/mol. The number of amides is 1. The van der Waals surface area contributed by atoms with Crippen LogP contribution in [-0.4, -0.2) is 5.91 Å². The van der Waals surface area contributed by atoms with Gasteiger partial charge < -0.3 is 5.32 Å². The number of hydrogen-bond acceptors (Lipinski definition) is 1. The van der Waals surface area contributed by atoms with Crippen molar-refractivity contribution in [1.82, 2.24) is 0 Å². The number of carbonyl (C=O) groups excluding carboxylic acids is 1. The summed E-state index contributed by atoms with van der Waals surface area (Å²) < 4.78 is 0. The van der Waals surface area contributed by atoms with Crippen LogP contribution in [-0.2, 0) is 0 Å². The fraction of sp³-hybridized carbons (Fsp3) is 0. The van der Waals surface area contributed by atoms with Gasteiger partial charge in [-0.1, -0.05) is 52.5 Å². The first-order valence-electron chi connectivity index (χ1n) is 5.19. The molecule has 98 valence electrons.